The quantitative estimate of drug-likeness (QED) is 0.717. The summed E-state index contributed by atoms with van der Waals surface area (Å²) < 4.78 is 0. The molecule has 0 aliphatic heterocycles. The smallest absolute Gasteiger partial charge is 0.257 e. The van der Waals surface area contributed by atoms with Crippen molar-refractivity contribution in [2.24, 2.45) is 0 Å². The fraction of sp³-hybridized carbons (Fsp3) is 0.211. The summed E-state index contributed by atoms with van der Waals surface area (Å²) in [7, 11) is 1.78. The van der Waals surface area contributed by atoms with Crippen molar-refractivity contribution in [2.45, 2.75) is 13.3 Å². The third kappa shape index (κ3) is 4.03. The highest BCUT2D eigenvalue weighted by atomic mass is 16.2. The number of hydrogen-bond acceptors (Lipinski definition) is 5. The molecule has 0 fully saturated rings. The molecule has 3 heterocycles. The van der Waals surface area contributed by atoms with Gasteiger partial charge in [0.25, 0.3) is 5.91 Å². The van der Waals surface area contributed by atoms with E-state index in [-0.39, 0.29) is 5.91 Å². The number of hydrogen-bond donors (Lipinski definition) is 0. The molecule has 6 nitrogen and oxygen atoms in total. The Morgan fingerprint density at radius 2 is 1.96 bits per heavy atom. The molecule has 0 atom stereocenters. The first kappa shape index (κ1) is 16.7. The minimum absolute atomic E-state index is 0.0915. The molecular formula is C19H19N5O. The Hall–Kier alpha value is -3.15. The number of aromatic nitrogens is 4. The van der Waals surface area contributed by atoms with Gasteiger partial charge in [-0.1, -0.05) is 6.07 Å². The second-order valence-corrected chi connectivity index (χ2v) is 5.73. The number of aryl methyl sites for hydroxylation is 1. The summed E-state index contributed by atoms with van der Waals surface area (Å²) in [6, 6.07) is 9.50. The molecule has 0 radical (unpaired) electrons. The highest BCUT2D eigenvalue weighted by molar-refractivity contribution is 5.94. The molecule has 1 amide bonds. The highest BCUT2D eigenvalue weighted by Crippen LogP contribution is 2.15. The van der Waals surface area contributed by atoms with Gasteiger partial charge in [-0.2, -0.15) is 0 Å². The third-order valence-corrected chi connectivity index (χ3v) is 3.91. The largest absolute Gasteiger partial charge is 0.341 e. The average molecular weight is 333 g/mol. The van der Waals surface area contributed by atoms with Gasteiger partial charge in [0.15, 0.2) is 5.82 Å². The monoisotopic (exact) mass is 333 g/mol. The van der Waals surface area contributed by atoms with Crippen molar-refractivity contribution in [3.05, 3.63) is 72.1 Å². The molecule has 126 valence electrons. The van der Waals surface area contributed by atoms with E-state index < -0.39 is 0 Å². The summed E-state index contributed by atoms with van der Waals surface area (Å²) >= 11 is 0. The van der Waals surface area contributed by atoms with Crippen LogP contribution in [0.25, 0.3) is 11.4 Å². The van der Waals surface area contributed by atoms with E-state index in [1.54, 1.807) is 36.7 Å². The van der Waals surface area contributed by atoms with E-state index in [2.05, 4.69) is 19.9 Å². The van der Waals surface area contributed by atoms with Gasteiger partial charge in [0.05, 0.1) is 11.3 Å². The highest BCUT2D eigenvalue weighted by Gasteiger charge is 2.16. The topological polar surface area (TPSA) is 71.9 Å². The fourth-order valence-corrected chi connectivity index (χ4v) is 2.45. The van der Waals surface area contributed by atoms with Crippen molar-refractivity contribution in [1.29, 1.82) is 0 Å². The molecule has 3 rings (SSSR count). The number of pyridine rings is 2. The Morgan fingerprint density at radius 3 is 2.64 bits per heavy atom. The van der Waals surface area contributed by atoms with Crippen LogP contribution >= 0.6 is 0 Å². The first-order valence-electron chi connectivity index (χ1n) is 8.04. The lowest BCUT2D eigenvalue weighted by Crippen LogP contribution is -2.30. The molecule has 0 bridgehead atoms. The minimum atomic E-state index is -0.0915. The first-order chi connectivity index (χ1) is 12.1. The summed E-state index contributed by atoms with van der Waals surface area (Å²) in [5.74, 6) is 0.476. The lowest BCUT2D eigenvalue weighted by atomic mass is 10.2. The van der Waals surface area contributed by atoms with Gasteiger partial charge in [-0.15, -0.1) is 0 Å². The summed E-state index contributed by atoms with van der Waals surface area (Å²) in [5, 5.41) is 0. The van der Waals surface area contributed by atoms with Crippen molar-refractivity contribution in [2.75, 3.05) is 13.6 Å². The fourth-order valence-electron chi connectivity index (χ4n) is 2.45. The number of nitrogens with zero attached hydrogens (tertiary/aromatic N) is 5. The van der Waals surface area contributed by atoms with Crippen LogP contribution < -0.4 is 0 Å². The molecule has 3 aromatic rings. The van der Waals surface area contributed by atoms with Crippen LogP contribution in [0.3, 0.4) is 0 Å². The number of rotatable bonds is 5. The van der Waals surface area contributed by atoms with Gasteiger partial charge in [-0.05, 0) is 31.2 Å². The Balaban J connectivity index is 1.71. The molecule has 0 aliphatic carbocycles. The maximum absolute atomic E-state index is 12.6. The molecule has 0 saturated carbocycles. The second kappa shape index (κ2) is 7.61. The van der Waals surface area contributed by atoms with Crippen molar-refractivity contribution in [3.8, 4) is 11.4 Å². The zero-order valence-corrected chi connectivity index (χ0v) is 14.3. The van der Waals surface area contributed by atoms with E-state index in [1.165, 1.54) is 0 Å². The minimum Gasteiger partial charge on any atom is -0.341 e. The zero-order valence-electron chi connectivity index (χ0n) is 14.3. The molecule has 3 aromatic heterocycles. The molecule has 0 aromatic carbocycles. The molecule has 6 heteroatoms. The van der Waals surface area contributed by atoms with Crippen LogP contribution in [0.2, 0.25) is 0 Å². The number of carbonyl (C=O) groups excluding carboxylic acids is 1. The Morgan fingerprint density at radius 1 is 1.08 bits per heavy atom. The van der Waals surface area contributed by atoms with Crippen molar-refractivity contribution < 1.29 is 4.79 Å². The van der Waals surface area contributed by atoms with E-state index in [0.717, 1.165) is 11.3 Å². The Kier molecular flexibility index (Phi) is 5.09. The number of amides is 1. The molecule has 0 aliphatic rings. The van der Waals surface area contributed by atoms with Crippen LogP contribution in [0.1, 0.15) is 21.7 Å². The molecule has 0 spiro atoms. The maximum atomic E-state index is 12.6. The van der Waals surface area contributed by atoms with Crippen LogP contribution in [0.15, 0.2) is 55.1 Å². The van der Waals surface area contributed by atoms with E-state index in [1.807, 2.05) is 37.3 Å². The number of likely N-dealkylation sites (N-methyl/N-ethyl adjacent to an activating group) is 1. The molecular weight excluding hydrogens is 314 g/mol. The lowest BCUT2D eigenvalue weighted by molar-refractivity contribution is 0.0794. The van der Waals surface area contributed by atoms with Crippen LogP contribution in [0.5, 0.6) is 0 Å². The Bertz CT molecular complexity index is 852. The van der Waals surface area contributed by atoms with Crippen LogP contribution in [0, 0.1) is 6.92 Å². The predicted molar refractivity (Wildman–Crippen MR) is 94.9 cm³/mol. The first-order valence-corrected chi connectivity index (χ1v) is 8.04. The van der Waals surface area contributed by atoms with Crippen molar-refractivity contribution in [1.82, 2.24) is 24.8 Å². The average Bonchev–Trinajstić information content (AvgIpc) is 2.67. The van der Waals surface area contributed by atoms with Crippen LogP contribution in [-0.4, -0.2) is 44.3 Å². The van der Waals surface area contributed by atoms with Crippen LogP contribution in [0.4, 0.5) is 0 Å². The number of carbonyl (C=O) groups is 1. The van der Waals surface area contributed by atoms with Gasteiger partial charge in [0.1, 0.15) is 0 Å². The van der Waals surface area contributed by atoms with Crippen molar-refractivity contribution >= 4 is 5.91 Å². The van der Waals surface area contributed by atoms with E-state index in [9.17, 15) is 4.79 Å². The zero-order chi connectivity index (χ0) is 17.6. The second-order valence-electron chi connectivity index (χ2n) is 5.73. The van der Waals surface area contributed by atoms with Gasteiger partial charge in [0.2, 0.25) is 0 Å². The van der Waals surface area contributed by atoms with Crippen LogP contribution in [-0.2, 0) is 6.42 Å². The van der Waals surface area contributed by atoms with Crippen molar-refractivity contribution in [3.63, 3.8) is 0 Å². The van der Waals surface area contributed by atoms with E-state index in [4.69, 9.17) is 0 Å². The standard InChI is InChI=1S/C19H19N5O/c1-14-17(13-22-18(23-14)15-6-5-9-20-12-15)19(25)24(2)11-8-16-7-3-4-10-21-16/h3-7,9-10,12-13H,8,11H2,1-2H3. The lowest BCUT2D eigenvalue weighted by Gasteiger charge is -2.18. The van der Waals surface area contributed by atoms with Gasteiger partial charge < -0.3 is 4.90 Å². The summed E-state index contributed by atoms with van der Waals surface area (Å²) in [5.41, 5.74) is 2.95. The Labute approximate surface area is 146 Å². The van der Waals surface area contributed by atoms with Gasteiger partial charge >= 0.3 is 0 Å². The molecule has 0 unspecified atom stereocenters. The van der Waals surface area contributed by atoms with Gasteiger partial charge in [-0.3, -0.25) is 14.8 Å². The van der Waals surface area contributed by atoms with E-state index >= 15 is 0 Å². The summed E-state index contributed by atoms with van der Waals surface area (Å²) in [6.07, 6.45) is 7.45. The third-order valence-electron chi connectivity index (χ3n) is 3.91. The molecule has 25 heavy (non-hydrogen) atoms. The normalized spacial score (nSPS) is 10.5. The molecule has 0 N–H and O–H groups in total. The maximum Gasteiger partial charge on any atom is 0.257 e. The van der Waals surface area contributed by atoms with Gasteiger partial charge in [-0.25, -0.2) is 9.97 Å². The molecule has 0 saturated heterocycles. The summed E-state index contributed by atoms with van der Waals surface area (Å²) in [6.45, 7) is 2.40. The van der Waals surface area contributed by atoms with E-state index in [0.29, 0.717) is 30.0 Å². The van der Waals surface area contributed by atoms with Gasteiger partial charge in [0, 0.05) is 56.1 Å². The SMILES string of the molecule is Cc1nc(-c2cccnc2)ncc1C(=O)N(C)CCc1ccccn1. The predicted octanol–water partition coefficient (Wildman–Crippen LogP) is 2.56. The summed E-state index contributed by atoms with van der Waals surface area (Å²) in [4.78, 5) is 31.4.